The standard InChI is InChI=1S/C13H14F2OS2/c1-8-13(18-5-4-17-8)12(16)6-9-2-3-10(14)7-11(9)15/h2-3,7-8,13H,4-6H2,1H3. The van der Waals surface area contributed by atoms with Gasteiger partial charge in [0, 0.05) is 29.2 Å². The number of carbonyl (C=O) groups excluding carboxylic acids is 1. The van der Waals surface area contributed by atoms with Crippen molar-refractivity contribution in [3.63, 3.8) is 0 Å². The molecular weight excluding hydrogens is 274 g/mol. The van der Waals surface area contributed by atoms with Crippen LogP contribution in [0, 0.1) is 11.6 Å². The third-order valence-electron chi connectivity index (χ3n) is 2.88. The first-order chi connectivity index (χ1) is 8.58. The van der Waals surface area contributed by atoms with Crippen molar-refractivity contribution in [2.75, 3.05) is 11.5 Å². The molecule has 0 aromatic heterocycles. The van der Waals surface area contributed by atoms with Crippen molar-refractivity contribution in [2.24, 2.45) is 0 Å². The molecule has 2 unspecified atom stereocenters. The van der Waals surface area contributed by atoms with Gasteiger partial charge < -0.3 is 0 Å². The van der Waals surface area contributed by atoms with Crippen molar-refractivity contribution in [1.82, 2.24) is 0 Å². The molecule has 1 aromatic carbocycles. The molecule has 0 spiro atoms. The third-order valence-corrected chi connectivity index (χ3v) is 6.02. The summed E-state index contributed by atoms with van der Waals surface area (Å²) in [5.74, 6) is 0.798. The highest BCUT2D eigenvalue weighted by Gasteiger charge is 2.29. The molecule has 1 nitrogen and oxygen atoms in total. The highest BCUT2D eigenvalue weighted by Crippen LogP contribution is 2.32. The largest absolute Gasteiger partial charge is 0.298 e. The molecule has 0 amide bonds. The van der Waals surface area contributed by atoms with E-state index in [1.165, 1.54) is 12.1 Å². The van der Waals surface area contributed by atoms with Crippen molar-refractivity contribution >= 4 is 29.3 Å². The van der Waals surface area contributed by atoms with Crippen LogP contribution in [0.1, 0.15) is 12.5 Å². The van der Waals surface area contributed by atoms with E-state index in [0.29, 0.717) is 0 Å². The van der Waals surface area contributed by atoms with Crippen molar-refractivity contribution in [3.8, 4) is 0 Å². The minimum absolute atomic E-state index is 0.0326. The average molecular weight is 288 g/mol. The SMILES string of the molecule is CC1SCCSC1C(=O)Cc1ccc(F)cc1F. The van der Waals surface area contributed by atoms with Crippen LogP contribution in [0.5, 0.6) is 0 Å². The second-order valence-corrected chi connectivity index (χ2v) is 6.98. The Balaban J connectivity index is 2.06. The number of rotatable bonds is 3. The Morgan fingerprint density at radius 2 is 2.06 bits per heavy atom. The maximum atomic E-state index is 13.5. The summed E-state index contributed by atoms with van der Waals surface area (Å²) in [7, 11) is 0. The summed E-state index contributed by atoms with van der Waals surface area (Å²) in [5.41, 5.74) is 0.282. The van der Waals surface area contributed by atoms with Crippen LogP contribution in [0.15, 0.2) is 18.2 Å². The van der Waals surface area contributed by atoms with E-state index in [9.17, 15) is 13.6 Å². The molecular formula is C13H14F2OS2. The summed E-state index contributed by atoms with van der Waals surface area (Å²) < 4.78 is 26.2. The Labute approximate surface area is 114 Å². The fourth-order valence-corrected chi connectivity index (χ4v) is 4.67. The van der Waals surface area contributed by atoms with Gasteiger partial charge in [-0.15, -0.1) is 11.8 Å². The Kier molecular flexibility index (Phi) is 4.67. The number of thioether (sulfide) groups is 2. The van der Waals surface area contributed by atoms with Gasteiger partial charge in [0.2, 0.25) is 0 Å². The normalized spacial score (nSPS) is 23.9. The molecule has 5 heteroatoms. The van der Waals surface area contributed by atoms with Crippen LogP contribution in [0.3, 0.4) is 0 Å². The van der Waals surface area contributed by atoms with Gasteiger partial charge in [-0.2, -0.15) is 11.8 Å². The van der Waals surface area contributed by atoms with Gasteiger partial charge in [0.05, 0.1) is 5.25 Å². The van der Waals surface area contributed by atoms with Crippen molar-refractivity contribution in [2.45, 2.75) is 23.8 Å². The van der Waals surface area contributed by atoms with E-state index in [4.69, 9.17) is 0 Å². The minimum Gasteiger partial charge on any atom is -0.298 e. The molecule has 1 aliphatic rings. The molecule has 0 bridgehead atoms. The number of ketones is 1. The minimum atomic E-state index is -0.635. The zero-order valence-corrected chi connectivity index (χ0v) is 11.6. The summed E-state index contributed by atoms with van der Waals surface area (Å²) in [6.07, 6.45) is 0.0503. The van der Waals surface area contributed by atoms with Gasteiger partial charge in [-0.25, -0.2) is 8.78 Å². The maximum Gasteiger partial charge on any atom is 0.151 e. The summed E-state index contributed by atoms with van der Waals surface area (Å²) in [6, 6.07) is 3.38. The molecule has 18 heavy (non-hydrogen) atoms. The fourth-order valence-electron chi connectivity index (χ4n) is 1.94. The lowest BCUT2D eigenvalue weighted by Crippen LogP contribution is -2.32. The quantitative estimate of drug-likeness (QED) is 0.849. The van der Waals surface area contributed by atoms with Gasteiger partial charge >= 0.3 is 0 Å². The van der Waals surface area contributed by atoms with E-state index in [-0.39, 0.29) is 28.3 Å². The Bertz CT molecular complexity index is 451. The number of hydrogen-bond acceptors (Lipinski definition) is 3. The van der Waals surface area contributed by atoms with E-state index in [2.05, 4.69) is 0 Å². The van der Waals surface area contributed by atoms with Crippen LogP contribution in [-0.4, -0.2) is 27.8 Å². The molecule has 0 saturated carbocycles. The highest BCUT2D eigenvalue weighted by molar-refractivity contribution is 8.07. The van der Waals surface area contributed by atoms with Crippen LogP contribution in [0.2, 0.25) is 0 Å². The third kappa shape index (κ3) is 3.26. The first-order valence-corrected chi connectivity index (χ1v) is 7.87. The molecule has 0 N–H and O–H groups in total. The fraction of sp³-hybridized carbons (Fsp3) is 0.462. The molecule has 2 atom stereocenters. The zero-order chi connectivity index (χ0) is 13.1. The lowest BCUT2D eigenvalue weighted by molar-refractivity contribution is -0.117. The van der Waals surface area contributed by atoms with Crippen LogP contribution < -0.4 is 0 Å². The van der Waals surface area contributed by atoms with Crippen LogP contribution in [0.25, 0.3) is 0 Å². The molecule has 1 saturated heterocycles. The van der Waals surface area contributed by atoms with Gasteiger partial charge in [-0.1, -0.05) is 13.0 Å². The molecule has 1 heterocycles. The van der Waals surface area contributed by atoms with Crippen LogP contribution in [-0.2, 0) is 11.2 Å². The van der Waals surface area contributed by atoms with E-state index in [0.717, 1.165) is 17.6 Å². The molecule has 98 valence electrons. The summed E-state index contributed by atoms with van der Waals surface area (Å²) in [6.45, 7) is 2.03. The van der Waals surface area contributed by atoms with Crippen molar-refractivity contribution in [1.29, 1.82) is 0 Å². The monoisotopic (exact) mass is 288 g/mol. The Morgan fingerprint density at radius 1 is 1.33 bits per heavy atom. The molecule has 0 radical (unpaired) electrons. The highest BCUT2D eigenvalue weighted by atomic mass is 32.2. The first kappa shape index (κ1) is 13.9. The van der Waals surface area contributed by atoms with E-state index >= 15 is 0 Å². The average Bonchev–Trinajstić information content (AvgIpc) is 2.33. The predicted molar refractivity (Wildman–Crippen MR) is 73.2 cm³/mol. The lowest BCUT2D eigenvalue weighted by atomic mass is 10.0. The lowest BCUT2D eigenvalue weighted by Gasteiger charge is -2.26. The Hall–Kier alpha value is -0.550. The van der Waals surface area contributed by atoms with E-state index in [1.54, 1.807) is 23.5 Å². The topological polar surface area (TPSA) is 17.1 Å². The summed E-state index contributed by atoms with van der Waals surface area (Å²) >= 11 is 3.42. The zero-order valence-electron chi connectivity index (χ0n) is 9.99. The molecule has 1 aliphatic heterocycles. The van der Waals surface area contributed by atoms with Gasteiger partial charge in [0.25, 0.3) is 0 Å². The smallest absolute Gasteiger partial charge is 0.151 e. The van der Waals surface area contributed by atoms with E-state index in [1.807, 2.05) is 6.92 Å². The van der Waals surface area contributed by atoms with Crippen molar-refractivity contribution < 1.29 is 13.6 Å². The predicted octanol–water partition coefficient (Wildman–Crippen LogP) is 3.31. The van der Waals surface area contributed by atoms with Gasteiger partial charge in [0.1, 0.15) is 11.6 Å². The second-order valence-electron chi connectivity index (χ2n) is 4.25. The van der Waals surface area contributed by atoms with E-state index < -0.39 is 11.6 Å². The molecule has 1 fully saturated rings. The maximum absolute atomic E-state index is 13.5. The number of hydrogen-bond donors (Lipinski definition) is 0. The van der Waals surface area contributed by atoms with Gasteiger partial charge in [-0.3, -0.25) is 4.79 Å². The number of halogens is 2. The second kappa shape index (κ2) is 6.06. The molecule has 0 aliphatic carbocycles. The van der Waals surface area contributed by atoms with Gasteiger partial charge in [0.15, 0.2) is 5.78 Å². The molecule has 1 aromatic rings. The number of Topliss-reactive ketones (excluding diaryl/α,β-unsaturated/α-hetero) is 1. The number of carbonyl (C=O) groups is 1. The Morgan fingerprint density at radius 3 is 2.72 bits per heavy atom. The van der Waals surface area contributed by atoms with Crippen molar-refractivity contribution in [3.05, 3.63) is 35.4 Å². The summed E-state index contributed by atoms with van der Waals surface area (Å²) in [4.78, 5) is 12.1. The molecule has 2 rings (SSSR count). The first-order valence-electron chi connectivity index (χ1n) is 5.78. The number of benzene rings is 1. The van der Waals surface area contributed by atoms with Crippen LogP contribution in [0.4, 0.5) is 8.78 Å². The van der Waals surface area contributed by atoms with Crippen LogP contribution >= 0.6 is 23.5 Å². The summed E-state index contributed by atoms with van der Waals surface area (Å²) in [5, 5.41) is 0.188. The van der Waals surface area contributed by atoms with Gasteiger partial charge in [-0.05, 0) is 11.6 Å².